The van der Waals surface area contributed by atoms with Gasteiger partial charge in [0.05, 0.1) is 12.7 Å². The van der Waals surface area contributed by atoms with Gasteiger partial charge in [-0.1, -0.05) is 6.08 Å². The van der Waals surface area contributed by atoms with Crippen molar-refractivity contribution in [3.05, 3.63) is 12.7 Å². The second-order valence-electron chi connectivity index (χ2n) is 4.20. The van der Waals surface area contributed by atoms with Crippen LogP contribution in [0.1, 0.15) is 20.8 Å². The zero-order valence-electron chi connectivity index (χ0n) is 10.6. The van der Waals surface area contributed by atoms with Crippen LogP contribution in [-0.4, -0.2) is 50.3 Å². The van der Waals surface area contributed by atoms with Crippen LogP contribution in [0.3, 0.4) is 0 Å². The summed E-state index contributed by atoms with van der Waals surface area (Å²) in [6.07, 6.45) is 2.21. The number of nitrogens with one attached hydrogen (secondary N) is 1. The molecule has 0 fully saturated rings. The highest BCUT2D eigenvalue weighted by Crippen LogP contribution is 1.95. The Morgan fingerprint density at radius 3 is 2.60 bits per heavy atom. The molecule has 90 valence electrons. The first-order valence-electron chi connectivity index (χ1n) is 5.71. The van der Waals surface area contributed by atoms with Crippen LogP contribution in [0, 0.1) is 0 Å². The van der Waals surface area contributed by atoms with Crippen LogP contribution in [0.15, 0.2) is 12.7 Å². The second kappa shape index (κ2) is 8.89. The van der Waals surface area contributed by atoms with Crippen molar-refractivity contribution in [2.75, 3.05) is 33.3 Å². The monoisotopic (exact) mass is 214 g/mol. The third-order valence-electron chi connectivity index (χ3n) is 2.38. The summed E-state index contributed by atoms with van der Waals surface area (Å²) in [6, 6.07) is 0.528. The number of nitrogens with zero attached hydrogens (tertiary/aromatic N) is 1. The first-order chi connectivity index (χ1) is 7.07. The van der Waals surface area contributed by atoms with Crippen molar-refractivity contribution in [1.29, 1.82) is 0 Å². The molecule has 0 aliphatic rings. The Morgan fingerprint density at radius 1 is 1.40 bits per heavy atom. The Hall–Kier alpha value is -0.380. The van der Waals surface area contributed by atoms with Gasteiger partial charge in [-0.25, -0.2) is 0 Å². The van der Waals surface area contributed by atoms with E-state index >= 15 is 0 Å². The molecule has 0 saturated carbocycles. The van der Waals surface area contributed by atoms with E-state index in [0.717, 1.165) is 26.2 Å². The zero-order valence-corrected chi connectivity index (χ0v) is 10.6. The molecule has 0 amide bonds. The summed E-state index contributed by atoms with van der Waals surface area (Å²) in [5, 5.41) is 3.31. The van der Waals surface area contributed by atoms with Crippen molar-refractivity contribution in [2.45, 2.75) is 32.9 Å². The van der Waals surface area contributed by atoms with E-state index in [1.807, 2.05) is 6.08 Å². The maximum atomic E-state index is 5.51. The van der Waals surface area contributed by atoms with E-state index in [0.29, 0.717) is 12.1 Å². The topological polar surface area (TPSA) is 24.5 Å². The Morgan fingerprint density at radius 2 is 2.07 bits per heavy atom. The number of ether oxygens (including phenoxy) is 1. The predicted molar refractivity (Wildman–Crippen MR) is 66.2 cm³/mol. The lowest BCUT2D eigenvalue weighted by molar-refractivity contribution is 0.0574. The fourth-order valence-corrected chi connectivity index (χ4v) is 1.20. The van der Waals surface area contributed by atoms with Gasteiger partial charge in [0.15, 0.2) is 0 Å². The third kappa shape index (κ3) is 8.60. The van der Waals surface area contributed by atoms with Crippen molar-refractivity contribution >= 4 is 0 Å². The van der Waals surface area contributed by atoms with Crippen LogP contribution in [0.5, 0.6) is 0 Å². The van der Waals surface area contributed by atoms with Gasteiger partial charge in [0, 0.05) is 25.7 Å². The summed E-state index contributed by atoms with van der Waals surface area (Å²) < 4.78 is 5.51. The summed E-state index contributed by atoms with van der Waals surface area (Å²) in [7, 11) is 2.13. The molecule has 15 heavy (non-hydrogen) atoms. The first kappa shape index (κ1) is 14.6. The van der Waals surface area contributed by atoms with Crippen LogP contribution in [0.2, 0.25) is 0 Å². The molecule has 0 saturated heterocycles. The fraction of sp³-hybridized carbons (Fsp3) is 0.833. The quantitative estimate of drug-likeness (QED) is 0.465. The van der Waals surface area contributed by atoms with Gasteiger partial charge in [-0.2, -0.15) is 0 Å². The Bertz CT molecular complexity index is 160. The summed E-state index contributed by atoms with van der Waals surface area (Å²) >= 11 is 0. The van der Waals surface area contributed by atoms with Crippen molar-refractivity contribution in [3.8, 4) is 0 Å². The average molecular weight is 214 g/mol. The molecular formula is C12H26N2O. The van der Waals surface area contributed by atoms with Crippen molar-refractivity contribution in [2.24, 2.45) is 0 Å². The molecule has 1 N–H and O–H groups in total. The molecule has 0 bridgehead atoms. The standard InChI is InChI=1S/C12H26N2O/c1-6-7-13-10-12(4)14(5)8-9-15-11(2)3/h6,11-13H,1,7-10H2,2-5H3. The normalized spacial score (nSPS) is 13.5. The number of hydrogen-bond acceptors (Lipinski definition) is 3. The van der Waals surface area contributed by atoms with Crippen LogP contribution >= 0.6 is 0 Å². The lowest BCUT2D eigenvalue weighted by Gasteiger charge is -2.25. The SMILES string of the molecule is C=CCNCC(C)N(C)CCOC(C)C. The lowest BCUT2D eigenvalue weighted by Crippen LogP contribution is -2.39. The van der Waals surface area contributed by atoms with Crippen LogP contribution in [0.25, 0.3) is 0 Å². The van der Waals surface area contributed by atoms with Crippen LogP contribution in [0.4, 0.5) is 0 Å². The number of rotatable bonds is 9. The molecular weight excluding hydrogens is 188 g/mol. The van der Waals surface area contributed by atoms with E-state index in [-0.39, 0.29) is 0 Å². The van der Waals surface area contributed by atoms with Crippen molar-refractivity contribution in [3.63, 3.8) is 0 Å². The minimum Gasteiger partial charge on any atom is -0.377 e. The molecule has 0 radical (unpaired) electrons. The van der Waals surface area contributed by atoms with Gasteiger partial charge in [-0.3, -0.25) is 0 Å². The van der Waals surface area contributed by atoms with E-state index in [2.05, 4.69) is 44.6 Å². The van der Waals surface area contributed by atoms with Crippen LogP contribution in [-0.2, 0) is 4.74 Å². The molecule has 0 aromatic carbocycles. The predicted octanol–water partition coefficient (Wildman–Crippen LogP) is 1.51. The Labute approximate surface area is 94.5 Å². The summed E-state index contributed by atoms with van der Waals surface area (Å²) in [5.41, 5.74) is 0. The van der Waals surface area contributed by atoms with Gasteiger partial charge in [0.1, 0.15) is 0 Å². The van der Waals surface area contributed by atoms with E-state index in [1.54, 1.807) is 0 Å². The van der Waals surface area contributed by atoms with E-state index in [1.165, 1.54) is 0 Å². The number of hydrogen-bond donors (Lipinski definition) is 1. The molecule has 0 rings (SSSR count). The molecule has 0 aromatic heterocycles. The van der Waals surface area contributed by atoms with E-state index in [9.17, 15) is 0 Å². The van der Waals surface area contributed by atoms with Crippen molar-refractivity contribution in [1.82, 2.24) is 10.2 Å². The fourth-order valence-electron chi connectivity index (χ4n) is 1.20. The summed E-state index contributed by atoms with van der Waals surface area (Å²) in [6.45, 7) is 13.7. The molecule has 0 aliphatic heterocycles. The summed E-state index contributed by atoms with van der Waals surface area (Å²) in [4.78, 5) is 2.30. The molecule has 0 heterocycles. The Balaban J connectivity index is 3.50. The molecule has 0 spiro atoms. The minimum atomic E-state index is 0.326. The number of likely N-dealkylation sites (N-methyl/N-ethyl adjacent to an activating group) is 1. The highest BCUT2D eigenvalue weighted by Gasteiger charge is 2.07. The Kier molecular flexibility index (Phi) is 8.67. The van der Waals surface area contributed by atoms with Crippen LogP contribution < -0.4 is 5.32 Å². The molecule has 3 heteroatoms. The van der Waals surface area contributed by atoms with E-state index in [4.69, 9.17) is 4.74 Å². The average Bonchev–Trinajstić information content (AvgIpc) is 2.17. The largest absolute Gasteiger partial charge is 0.377 e. The van der Waals surface area contributed by atoms with Gasteiger partial charge < -0.3 is 15.0 Å². The maximum absolute atomic E-state index is 5.51. The van der Waals surface area contributed by atoms with Gasteiger partial charge >= 0.3 is 0 Å². The second-order valence-corrected chi connectivity index (χ2v) is 4.20. The highest BCUT2D eigenvalue weighted by atomic mass is 16.5. The van der Waals surface area contributed by atoms with E-state index < -0.39 is 0 Å². The highest BCUT2D eigenvalue weighted by molar-refractivity contribution is 4.73. The first-order valence-corrected chi connectivity index (χ1v) is 5.71. The molecule has 0 aliphatic carbocycles. The van der Waals surface area contributed by atoms with Gasteiger partial charge in [-0.15, -0.1) is 6.58 Å². The van der Waals surface area contributed by atoms with Crippen molar-refractivity contribution < 1.29 is 4.74 Å². The third-order valence-corrected chi connectivity index (χ3v) is 2.38. The molecule has 1 atom stereocenters. The zero-order chi connectivity index (χ0) is 11.7. The molecule has 1 unspecified atom stereocenters. The van der Waals surface area contributed by atoms with Gasteiger partial charge in [0.2, 0.25) is 0 Å². The molecule has 3 nitrogen and oxygen atoms in total. The minimum absolute atomic E-state index is 0.326. The lowest BCUT2D eigenvalue weighted by atomic mass is 10.3. The summed E-state index contributed by atoms with van der Waals surface area (Å²) in [5.74, 6) is 0. The maximum Gasteiger partial charge on any atom is 0.0596 e. The van der Waals surface area contributed by atoms with Gasteiger partial charge in [0.25, 0.3) is 0 Å². The molecule has 0 aromatic rings. The van der Waals surface area contributed by atoms with Gasteiger partial charge in [-0.05, 0) is 27.8 Å². The smallest absolute Gasteiger partial charge is 0.0596 e.